The Morgan fingerprint density at radius 2 is 2.20 bits per heavy atom. The maximum atomic E-state index is 12.8. The summed E-state index contributed by atoms with van der Waals surface area (Å²) >= 11 is 0. The fraction of sp³-hybridized carbons (Fsp3) is 0.538. The predicted molar refractivity (Wildman–Crippen MR) is 60.1 cm³/mol. The highest BCUT2D eigenvalue weighted by atomic mass is 19.1. The van der Waals surface area contributed by atoms with Crippen LogP contribution in [0.25, 0.3) is 0 Å². The van der Waals surface area contributed by atoms with Crippen LogP contribution in [0.5, 0.6) is 0 Å². The molecule has 1 saturated carbocycles. The second-order valence-electron chi connectivity index (χ2n) is 4.39. The van der Waals surface area contributed by atoms with Gasteiger partial charge in [-0.05, 0) is 43.0 Å². The molecule has 1 N–H and O–H groups in total. The third kappa shape index (κ3) is 4.00. The maximum Gasteiger partial charge on any atom is 0.123 e. The lowest BCUT2D eigenvalue weighted by Crippen LogP contribution is -2.14. The van der Waals surface area contributed by atoms with E-state index >= 15 is 0 Å². The third-order valence-electron chi connectivity index (χ3n) is 2.88. The van der Waals surface area contributed by atoms with Gasteiger partial charge in [-0.2, -0.15) is 0 Å². The molecule has 0 saturated heterocycles. The summed E-state index contributed by atoms with van der Waals surface area (Å²) in [6.45, 7) is 1.83. The molecule has 2 heteroatoms. The monoisotopic (exact) mass is 207 g/mol. The van der Waals surface area contributed by atoms with Crippen LogP contribution in [0.15, 0.2) is 24.3 Å². The summed E-state index contributed by atoms with van der Waals surface area (Å²) in [4.78, 5) is 0. The lowest BCUT2D eigenvalue weighted by atomic mass is 10.2. The molecule has 1 aliphatic rings. The van der Waals surface area contributed by atoms with E-state index in [0.717, 1.165) is 24.6 Å². The SMILES string of the molecule is Fc1cccc(CNCCCC2CC2)c1. The van der Waals surface area contributed by atoms with Crippen LogP contribution in [0, 0.1) is 11.7 Å². The van der Waals surface area contributed by atoms with Gasteiger partial charge in [0.05, 0.1) is 0 Å². The van der Waals surface area contributed by atoms with Crippen molar-refractivity contribution in [3.63, 3.8) is 0 Å². The lowest BCUT2D eigenvalue weighted by Gasteiger charge is -2.04. The average Bonchev–Trinajstić information content (AvgIpc) is 3.01. The first-order valence-corrected chi connectivity index (χ1v) is 5.80. The van der Waals surface area contributed by atoms with Crippen LogP contribution in [0.1, 0.15) is 31.2 Å². The Kier molecular flexibility index (Phi) is 3.73. The topological polar surface area (TPSA) is 12.0 Å². The van der Waals surface area contributed by atoms with Crippen molar-refractivity contribution in [2.75, 3.05) is 6.54 Å². The van der Waals surface area contributed by atoms with Crippen molar-refractivity contribution in [2.45, 2.75) is 32.2 Å². The zero-order chi connectivity index (χ0) is 10.5. The van der Waals surface area contributed by atoms with Crippen molar-refractivity contribution < 1.29 is 4.39 Å². The van der Waals surface area contributed by atoms with E-state index in [1.165, 1.54) is 31.7 Å². The summed E-state index contributed by atoms with van der Waals surface area (Å²) < 4.78 is 12.8. The van der Waals surface area contributed by atoms with E-state index < -0.39 is 0 Å². The fourth-order valence-corrected chi connectivity index (χ4v) is 1.80. The van der Waals surface area contributed by atoms with Gasteiger partial charge in [0.15, 0.2) is 0 Å². The van der Waals surface area contributed by atoms with Gasteiger partial charge in [0.2, 0.25) is 0 Å². The van der Waals surface area contributed by atoms with Crippen LogP contribution in [-0.4, -0.2) is 6.54 Å². The highest BCUT2D eigenvalue weighted by molar-refractivity contribution is 5.15. The summed E-state index contributed by atoms with van der Waals surface area (Å²) in [5.74, 6) is 0.869. The number of halogens is 1. The van der Waals surface area contributed by atoms with E-state index in [2.05, 4.69) is 5.32 Å². The van der Waals surface area contributed by atoms with E-state index in [4.69, 9.17) is 0 Å². The van der Waals surface area contributed by atoms with Crippen molar-refractivity contribution in [3.05, 3.63) is 35.6 Å². The minimum absolute atomic E-state index is 0.146. The van der Waals surface area contributed by atoms with Crippen LogP contribution < -0.4 is 5.32 Å². The zero-order valence-electron chi connectivity index (χ0n) is 9.01. The predicted octanol–water partition coefficient (Wildman–Crippen LogP) is 3.11. The molecule has 0 radical (unpaired) electrons. The molecule has 82 valence electrons. The highest BCUT2D eigenvalue weighted by Crippen LogP contribution is 2.33. The molecule has 0 bridgehead atoms. The molecular weight excluding hydrogens is 189 g/mol. The summed E-state index contributed by atoms with van der Waals surface area (Å²) in [7, 11) is 0. The molecule has 0 atom stereocenters. The minimum Gasteiger partial charge on any atom is -0.313 e. The summed E-state index contributed by atoms with van der Waals surface area (Å²) in [5.41, 5.74) is 1.03. The molecule has 15 heavy (non-hydrogen) atoms. The van der Waals surface area contributed by atoms with E-state index in [9.17, 15) is 4.39 Å². The normalized spacial score (nSPS) is 15.5. The first-order chi connectivity index (χ1) is 7.34. The Balaban J connectivity index is 1.60. The number of benzene rings is 1. The molecular formula is C13H18FN. The van der Waals surface area contributed by atoms with Crippen molar-refractivity contribution in [2.24, 2.45) is 5.92 Å². The molecule has 0 spiro atoms. The summed E-state index contributed by atoms with van der Waals surface area (Å²) in [6.07, 6.45) is 5.48. The Bertz CT molecular complexity index is 307. The zero-order valence-corrected chi connectivity index (χ0v) is 9.01. The molecule has 1 aliphatic carbocycles. The van der Waals surface area contributed by atoms with Crippen LogP contribution in [0.4, 0.5) is 4.39 Å². The van der Waals surface area contributed by atoms with E-state index in [0.29, 0.717) is 0 Å². The van der Waals surface area contributed by atoms with Gasteiger partial charge in [0.25, 0.3) is 0 Å². The molecule has 0 unspecified atom stereocenters. The molecule has 0 amide bonds. The fourth-order valence-electron chi connectivity index (χ4n) is 1.80. The summed E-state index contributed by atoms with van der Waals surface area (Å²) in [5, 5.41) is 3.35. The van der Waals surface area contributed by atoms with Gasteiger partial charge >= 0.3 is 0 Å². The second kappa shape index (κ2) is 5.26. The van der Waals surface area contributed by atoms with Crippen molar-refractivity contribution in [1.29, 1.82) is 0 Å². The molecule has 1 aromatic carbocycles. The second-order valence-corrected chi connectivity index (χ2v) is 4.39. The van der Waals surface area contributed by atoms with Crippen molar-refractivity contribution in [3.8, 4) is 0 Å². The Labute approximate surface area is 90.7 Å². The van der Waals surface area contributed by atoms with E-state index in [-0.39, 0.29) is 5.82 Å². The summed E-state index contributed by atoms with van der Waals surface area (Å²) in [6, 6.07) is 6.79. The van der Waals surface area contributed by atoms with Gasteiger partial charge in [-0.15, -0.1) is 0 Å². The number of hydrogen-bond acceptors (Lipinski definition) is 1. The molecule has 2 rings (SSSR count). The van der Waals surface area contributed by atoms with Crippen molar-refractivity contribution in [1.82, 2.24) is 5.32 Å². The number of hydrogen-bond donors (Lipinski definition) is 1. The molecule has 1 aromatic rings. The Morgan fingerprint density at radius 1 is 1.33 bits per heavy atom. The maximum absolute atomic E-state index is 12.8. The number of rotatable bonds is 6. The van der Waals surface area contributed by atoms with Gasteiger partial charge in [0, 0.05) is 6.54 Å². The van der Waals surface area contributed by atoms with Crippen LogP contribution in [-0.2, 0) is 6.54 Å². The third-order valence-corrected chi connectivity index (χ3v) is 2.88. The van der Waals surface area contributed by atoms with Gasteiger partial charge in [-0.1, -0.05) is 25.0 Å². The van der Waals surface area contributed by atoms with Gasteiger partial charge in [-0.25, -0.2) is 4.39 Å². The smallest absolute Gasteiger partial charge is 0.123 e. The van der Waals surface area contributed by atoms with E-state index in [1.54, 1.807) is 12.1 Å². The van der Waals surface area contributed by atoms with Crippen LogP contribution >= 0.6 is 0 Å². The largest absolute Gasteiger partial charge is 0.313 e. The molecule has 1 fully saturated rings. The first kappa shape index (κ1) is 10.6. The lowest BCUT2D eigenvalue weighted by molar-refractivity contribution is 0.588. The standard InChI is InChI=1S/C13H18FN/c14-13-5-1-3-12(9-13)10-15-8-2-4-11-6-7-11/h1,3,5,9,11,15H,2,4,6-8,10H2. The van der Waals surface area contributed by atoms with Gasteiger partial charge < -0.3 is 5.32 Å². The quantitative estimate of drug-likeness (QED) is 0.707. The molecule has 0 aromatic heterocycles. The molecule has 0 heterocycles. The first-order valence-electron chi connectivity index (χ1n) is 5.80. The Hall–Kier alpha value is -0.890. The minimum atomic E-state index is -0.146. The molecule has 0 aliphatic heterocycles. The number of nitrogens with one attached hydrogen (secondary N) is 1. The van der Waals surface area contributed by atoms with Gasteiger partial charge in [0.1, 0.15) is 5.82 Å². The average molecular weight is 207 g/mol. The Morgan fingerprint density at radius 3 is 2.93 bits per heavy atom. The van der Waals surface area contributed by atoms with Crippen LogP contribution in [0.3, 0.4) is 0 Å². The highest BCUT2D eigenvalue weighted by Gasteiger charge is 2.19. The van der Waals surface area contributed by atoms with Crippen molar-refractivity contribution >= 4 is 0 Å². The van der Waals surface area contributed by atoms with Crippen LogP contribution in [0.2, 0.25) is 0 Å². The van der Waals surface area contributed by atoms with Gasteiger partial charge in [-0.3, -0.25) is 0 Å². The molecule has 1 nitrogen and oxygen atoms in total. The van der Waals surface area contributed by atoms with E-state index in [1.807, 2.05) is 6.07 Å².